The summed E-state index contributed by atoms with van der Waals surface area (Å²) in [6.45, 7) is -0.0411. The predicted molar refractivity (Wildman–Crippen MR) is 74.9 cm³/mol. The van der Waals surface area contributed by atoms with E-state index < -0.39 is 18.0 Å². The van der Waals surface area contributed by atoms with E-state index in [0.717, 1.165) is 0 Å². The summed E-state index contributed by atoms with van der Waals surface area (Å²) in [5.74, 6) is -2.00. The Kier molecular flexibility index (Phi) is 3.76. The van der Waals surface area contributed by atoms with Gasteiger partial charge in [0.05, 0.1) is 5.92 Å². The van der Waals surface area contributed by atoms with Gasteiger partial charge in [-0.2, -0.15) is 13.2 Å². The lowest BCUT2D eigenvalue weighted by Crippen LogP contribution is -2.45. The molecule has 2 aromatic rings. The van der Waals surface area contributed by atoms with E-state index in [1.807, 2.05) is 0 Å². The number of pyridine rings is 1. The zero-order valence-electron chi connectivity index (χ0n) is 11.5. The highest BCUT2D eigenvalue weighted by Crippen LogP contribution is 2.34. The fourth-order valence-corrected chi connectivity index (χ4v) is 3.00. The van der Waals surface area contributed by atoms with Gasteiger partial charge in [0.1, 0.15) is 5.65 Å². The van der Waals surface area contributed by atoms with Gasteiger partial charge in [-0.1, -0.05) is 17.7 Å². The van der Waals surface area contributed by atoms with Crippen molar-refractivity contribution in [3.8, 4) is 0 Å². The maximum Gasteiger partial charge on any atom is 0.393 e. The minimum Gasteiger partial charge on any atom is -0.337 e. The molecule has 22 heavy (non-hydrogen) atoms. The Hall–Kier alpha value is -1.76. The van der Waals surface area contributed by atoms with Crippen molar-refractivity contribution in [2.45, 2.75) is 19.0 Å². The number of hydrogen-bond acceptors (Lipinski definition) is 2. The molecule has 8 heteroatoms. The van der Waals surface area contributed by atoms with E-state index in [1.165, 1.54) is 9.30 Å². The second kappa shape index (κ2) is 5.46. The lowest BCUT2D eigenvalue weighted by Gasteiger charge is -2.33. The molecule has 1 aliphatic rings. The van der Waals surface area contributed by atoms with Gasteiger partial charge in [0.2, 0.25) is 0 Å². The molecule has 0 radical (unpaired) electrons. The van der Waals surface area contributed by atoms with Crippen LogP contribution in [0.1, 0.15) is 23.3 Å². The van der Waals surface area contributed by atoms with Crippen LogP contribution in [0.4, 0.5) is 13.2 Å². The zero-order valence-corrected chi connectivity index (χ0v) is 12.2. The van der Waals surface area contributed by atoms with Crippen LogP contribution in [0, 0.1) is 5.92 Å². The number of alkyl halides is 3. The molecule has 3 rings (SSSR count). The molecule has 1 fully saturated rings. The molecule has 2 aromatic heterocycles. The molecule has 118 valence electrons. The number of aromatic nitrogens is 2. The fourth-order valence-electron chi connectivity index (χ4n) is 2.74. The number of imidazole rings is 1. The molecule has 1 atom stereocenters. The van der Waals surface area contributed by atoms with Crippen LogP contribution in [0.3, 0.4) is 0 Å². The van der Waals surface area contributed by atoms with Crippen LogP contribution in [0.25, 0.3) is 5.65 Å². The molecule has 3 heterocycles. The van der Waals surface area contributed by atoms with Crippen molar-refractivity contribution < 1.29 is 18.0 Å². The van der Waals surface area contributed by atoms with E-state index in [4.69, 9.17) is 11.6 Å². The first-order chi connectivity index (χ1) is 10.4. The van der Waals surface area contributed by atoms with Crippen molar-refractivity contribution in [3.63, 3.8) is 0 Å². The van der Waals surface area contributed by atoms with Gasteiger partial charge in [0.15, 0.2) is 10.8 Å². The van der Waals surface area contributed by atoms with Crippen LogP contribution in [-0.4, -0.2) is 39.5 Å². The number of hydrogen-bond donors (Lipinski definition) is 0. The fraction of sp³-hybridized carbons (Fsp3) is 0.429. The summed E-state index contributed by atoms with van der Waals surface area (Å²) in [4.78, 5) is 17.8. The molecular formula is C14H13ClF3N3O. The van der Waals surface area contributed by atoms with Gasteiger partial charge in [-0.25, -0.2) is 4.98 Å². The minimum absolute atomic E-state index is 0.00494. The van der Waals surface area contributed by atoms with E-state index in [-0.39, 0.29) is 23.8 Å². The molecule has 1 saturated heterocycles. The van der Waals surface area contributed by atoms with E-state index in [0.29, 0.717) is 18.6 Å². The van der Waals surface area contributed by atoms with E-state index >= 15 is 0 Å². The average Bonchev–Trinajstić information content (AvgIpc) is 2.81. The summed E-state index contributed by atoms with van der Waals surface area (Å²) < 4.78 is 40.1. The van der Waals surface area contributed by atoms with Gasteiger partial charge < -0.3 is 4.90 Å². The molecule has 0 N–H and O–H groups in total. The first-order valence-corrected chi connectivity index (χ1v) is 7.24. The Morgan fingerprint density at radius 2 is 2.14 bits per heavy atom. The summed E-state index contributed by atoms with van der Waals surface area (Å²) in [7, 11) is 0. The first kappa shape index (κ1) is 15.1. The van der Waals surface area contributed by atoms with Crippen molar-refractivity contribution in [2.24, 2.45) is 5.92 Å². The maximum absolute atomic E-state index is 12.9. The SMILES string of the molecule is O=C(c1c(Cl)nc2ccccn12)N1CCC[C@H](C(F)(F)F)C1. The van der Waals surface area contributed by atoms with Gasteiger partial charge in [-0.15, -0.1) is 0 Å². The predicted octanol–water partition coefficient (Wildman–Crippen LogP) is 3.40. The van der Waals surface area contributed by atoms with Crippen molar-refractivity contribution in [2.75, 3.05) is 13.1 Å². The largest absolute Gasteiger partial charge is 0.393 e. The van der Waals surface area contributed by atoms with Gasteiger partial charge in [0.25, 0.3) is 5.91 Å². The Labute approximate surface area is 129 Å². The maximum atomic E-state index is 12.9. The number of nitrogens with zero attached hydrogens (tertiary/aromatic N) is 3. The Balaban J connectivity index is 1.91. The summed E-state index contributed by atoms with van der Waals surface area (Å²) in [5, 5.41) is 0.00494. The Bertz CT molecular complexity index is 713. The number of carbonyl (C=O) groups excluding carboxylic acids is 1. The third kappa shape index (κ3) is 2.65. The number of likely N-dealkylation sites (tertiary alicyclic amines) is 1. The summed E-state index contributed by atoms with van der Waals surface area (Å²) in [5.41, 5.74) is 0.598. The number of piperidine rings is 1. The number of rotatable bonds is 1. The van der Waals surface area contributed by atoms with Gasteiger partial charge in [-0.3, -0.25) is 9.20 Å². The molecule has 0 saturated carbocycles. The van der Waals surface area contributed by atoms with Gasteiger partial charge in [-0.05, 0) is 25.0 Å². The molecule has 0 aromatic carbocycles. The van der Waals surface area contributed by atoms with Crippen LogP contribution in [-0.2, 0) is 0 Å². The van der Waals surface area contributed by atoms with E-state index in [9.17, 15) is 18.0 Å². The average molecular weight is 332 g/mol. The molecule has 4 nitrogen and oxygen atoms in total. The third-order valence-corrected chi connectivity index (χ3v) is 4.12. The highest BCUT2D eigenvalue weighted by Gasteiger charge is 2.43. The standard InChI is InChI=1S/C14H13ClF3N3O/c15-12-11(21-7-2-1-5-10(21)19-12)13(22)20-6-3-4-9(8-20)14(16,17)18/h1-2,5,7,9H,3-4,6,8H2/t9-/m0/s1. The van der Waals surface area contributed by atoms with Crippen molar-refractivity contribution in [1.29, 1.82) is 0 Å². The van der Waals surface area contributed by atoms with E-state index in [1.54, 1.807) is 24.4 Å². The molecule has 0 bridgehead atoms. The number of carbonyl (C=O) groups is 1. The molecule has 1 aliphatic heterocycles. The van der Waals surface area contributed by atoms with Crippen LogP contribution in [0.5, 0.6) is 0 Å². The highest BCUT2D eigenvalue weighted by atomic mass is 35.5. The minimum atomic E-state index is -4.29. The van der Waals surface area contributed by atoms with E-state index in [2.05, 4.69) is 4.98 Å². The van der Waals surface area contributed by atoms with Crippen LogP contribution in [0.2, 0.25) is 5.15 Å². The third-order valence-electron chi connectivity index (χ3n) is 3.86. The Morgan fingerprint density at radius 3 is 2.86 bits per heavy atom. The highest BCUT2D eigenvalue weighted by molar-refractivity contribution is 6.32. The Morgan fingerprint density at radius 1 is 1.36 bits per heavy atom. The monoisotopic (exact) mass is 331 g/mol. The molecule has 0 unspecified atom stereocenters. The van der Waals surface area contributed by atoms with Gasteiger partial charge in [0, 0.05) is 19.3 Å². The number of amides is 1. The second-order valence-corrected chi connectivity index (χ2v) is 5.67. The summed E-state index contributed by atoms with van der Waals surface area (Å²) in [6.07, 6.45) is -2.30. The second-order valence-electron chi connectivity index (χ2n) is 5.31. The summed E-state index contributed by atoms with van der Waals surface area (Å²) >= 11 is 6.01. The molecule has 1 amide bonds. The van der Waals surface area contributed by atoms with Crippen molar-refractivity contribution >= 4 is 23.2 Å². The normalized spacial score (nSPS) is 19.6. The molecule has 0 spiro atoms. The summed E-state index contributed by atoms with van der Waals surface area (Å²) in [6, 6.07) is 5.13. The van der Waals surface area contributed by atoms with Gasteiger partial charge >= 0.3 is 6.18 Å². The molecule has 0 aliphatic carbocycles. The number of fused-ring (bicyclic) bond motifs is 1. The topological polar surface area (TPSA) is 37.6 Å². The molecular weight excluding hydrogens is 319 g/mol. The zero-order chi connectivity index (χ0) is 15.9. The first-order valence-electron chi connectivity index (χ1n) is 6.86. The number of halogens is 4. The van der Waals surface area contributed by atoms with Crippen LogP contribution >= 0.6 is 11.6 Å². The lowest BCUT2D eigenvalue weighted by atomic mass is 9.97. The van der Waals surface area contributed by atoms with Crippen LogP contribution in [0.15, 0.2) is 24.4 Å². The van der Waals surface area contributed by atoms with Crippen LogP contribution < -0.4 is 0 Å². The van der Waals surface area contributed by atoms with Crippen molar-refractivity contribution in [1.82, 2.24) is 14.3 Å². The smallest absolute Gasteiger partial charge is 0.337 e. The quantitative estimate of drug-likeness (QED) is 0.803. The lowest BCUT2D eigenvalue weighted by molar-refractivity contribution is -0.184. The van der Waals surface area contributed by atoms with Crippen molar-refractivity contribution in [3.05, 3.63) is 35.2 Å².